The smallest absolute Gasteiger partial charge is 0.237 e. The standard InChI is InChI=1S/C16H26N4OS/c1-19-10-5-13(6-11-19)20-9-2-3-14(20)16(21)18-7-4-15-17-8-12-22-15/h8,12-14H,2-7,9-11H2,1H3,(H,18,21)/t14-/m0/s1. The monoisotopic (exact) mass is 322 g/mol. The van der Waals surface area contributed by atoms with E-state index in [0.717, 1.165) is 43.9 Å². The fourth-order valence-corrected chi connectivity index (χ4v) is 4.24. The molecule has 0 spiro atoms. The number of nitrogens with zero attached hydrogens (tertiary/aromatic N) is 3. The molecule has 22 heavy (non-hydrogen) atoms. The highest BCUT2D eigenvalue weighted by atomic mass is 32.1. The Balaban J connectivity index is 1.48. The molecule has 3 heterocycles. The second kappa shape index (κ2) is 7.53. The molecule has 1 amide bonds. The number of piperidine rings is 1. The summed E-state index contributed by atoms with van der Waals surface area (Å²) >= 11 is 1.65. The molecule has 0 aromatic carbocycles. The van der Waals surface area contributed by atoms with Crippen molar-refractivity contribution < 1.29 is 4.79 Å². The van der Waals surface area contributed by atoms with Gasteiger partial charge in [-0.15, -0.1) is 11.3 Å². The molecule has 0 bridgehead atoms. The van der Waals surface area contributed by atoms with Crippen molar-refractivity contribution >= 4 is 17.2 Å². The third-order valence-corrected chi connectivity index (χ3v) is 5.71. The summed E-state index contributed by atoms with van der Waals surface area (Å²) in [6.45, 7) is 4.09. The first kappa shape index (κ1) is 15.9. The summed E-state index contributed by atoms with van der Waals surface area (Å²) in [5.74, 6) is 0.216. The van der Waals surface area contributed by atoms with Gasteiger partial charge in [0.15, 0.2) is 0 Å². The van der Waals surface area contributed by atoms with Crippen molar-refractivity contribution in [2.24, 2.45) is 0 Å². The molecule has 0 saturated carbocycles. The Morgan fingerprint density at radius 2 is 2.18 bits per heavy atom. The van der Waals surface area contributed by atoms with Crippen LogP contribution in [-0.4, -0.2) is 66.0 Å². The zero-order valence-electron chi connectivity index (χ0n) is 13.3. The Morgan fingerprint density at radius 1 is 1.36 bits per heavy atom. The Kier molecular flexibility index (Phi) is 5.44. The summed E-state index contributed by atoms with van der Waals surface area (Å²) in [4.78, 5) is 21.6. The van der Waals surface area contributed by atoms with E-state index in [4.69, 9.17) is 0 Å². The van der Waals surface area contributed by atoms with Gasteiger partial charge >= 0.3 is 0 Å². The fraction of sp³-hybridized carbons (Fsp3) is 0.750. The van der Waals surface area contributed by atoms with Gasteiger partial charge in [0.25, 0.3) is 0 Å². The fourth-order valence-electron chi connectivity index (χ4n) is 3.62. The lowest BCUT2D eigenvalue weighted by molar-refractivity contribution is -0.126. The van der Waals surface area contributed by atoms with Crippen LogP contribution in [0.4, 0.5) is 0 Å². The van der Waals surface area contributed by atoms with Gasteiger partial charge in [0.2, 0.25) is 5.91 Å². The van der Waals surface area contributed by atoms with Crippen molar-refractivity contribution in [2.75, 3.05) is 33.2 Å². The SMILES string of the molecule is CN1CCC(N2CCC[C@H]2C(=O)NCCc2nccs2)CC1. The third-order valence-electron chi connectivity index (χ3n) is 4.88. The molecule has 122 valence electrons. The predicted molar refractivity (Wildman–Crippen MR) is 89.1 cm³/mol. The molecule has 6 heteroatoms. The Morgan fingerprint density at radius 3 is 2.91 bits per heavy atom. The van der Waals surface area contributed by atoms with Crippen LogP contribution in [0.25, 0.3) is 0 Å². The van der Waals surface area contributed by atoms with Crippen LogP contribution in [0.3, 0.4) is 0 Å². The van der Waals surface area contributed by atoms with E-state index in [1.54, 1.807) is 11.3 Å². The van der Waals surface area contributed by atoms with Crippen molar-refractivity contribution in [1.29, 1.82) is 0 Å². The molecule has 5 nitrogen and oxygen atoms in total. The highest BCUT2D eigenvalue weighted by Gasteiger charge is 2.36. The van der Waals surface area contributed by atoms with E-state index in [9.17, 15) is 4.79 Å². The summed E-state index contributed by atoms with van der Waals surface area (Å²) in [5, 5.41) is 6.19. The van der Waals surface area contributed by atoms with Gasteiger partial charge in [-0.2, -0.15) is 0 Å². The minimum atomic E-state index is 0.0877. The molecule has 0 radical (unpaired) electrons. The van der Waals surface area contributed by atoms with Crippen LogP contribution < -0.4 is 5.32 Å². The molecular formula is C16H26N4OS. The van der Waals surface area contributed by atoms with Crippen LogP contribution in [0.5, 0.6) is 0 Å². The molecule has 3 rings (SSSR count). The molecule has 2 saturated heterocycles. The quantitative estimate of drug-likeness (QED) is 0.889. The Hall–Kier alpha value is -0.980. The van der Waals surface area contributed by atoms with E-state index in [1.165, 1.54) is 12.8 Å². The molecule has 2 fully saturated rings. The van der Waals surface area contributed by atoms with E-state index in [-0.39, 0.29) is 11.9 Å². The Labute approximate surface area is 136 Å². The minimum Gasteiger partial charge on any atom is -0.354 e. The molecule has 0 aliphatic carbocycles. The Bertz CT molecular complexity index is 471. The first-order valence-electron chi connectivity index (χ1n) is 8.34. The molecule has 2 aliphatic heterocycles. The maximum atomic E-state index is 12.5. The van der Waals surface area contributed by atoms with E-state index >= 15 is 0 Å². The highest BCUT2D eigenvalue weighted by Crippen LogP contribution is 2.25. The number of carbonyl (C=O) groups is 1. The van der Waals surface area contributed by atoms with Gasteiger partial charge in [-0.25, -0.2) is 4.98 Å². The van der Waals surface area contributed by atoms with Crippen molar-refractivity contribution in [3.63, 3.8) is 0 Å². The van der Waals surface area contributed by atoms with Gasteiger partial charge in [-0.05, 0) is 52.4 Å². The molecule has 2 aliphatic rings. The number of rotatable bonds is 5. The molecule has 1 atom stereocenters. The van der Waals surface area contributed by atoms with Crippen LogP contribution in [0.2, 0.25) is 0 Å². The van der Waals surface area contributed by atoms with Crippen molar-refractivity contribution in [2.45, 2.75) is 44.2 Å². The van der Waals surface area contributed by atoms with Crippen LogP contribution in [0.1, 0.15) is 30.7 Å². The van der Waals surface area contributed by atoms with Crippen LogP contribution in [0.15, 0.2) is 11.6 Å². The average Bonchev–Trinajstić information content (AvgIpc) is 3.19. The normalized spacial score (nSPS) is 24.7. The van der Waals surface area contributed by atoms with Gasteiger partial charge in [0.05, 0.1) is 11.0 Å². The second-order valence-corrected chi connectivity index (χ2v) is 7.38. The average molecular weight is 322 g/mol. The van der Waals surface area contributed by atoms with E-state index in [0.29, 0.717) is 12.6 Å². The van der Waals surface area contributed by atoms with Crippen LogP contribution in [0, 0.1) is 0 Å². The number of hydrogen-bond donors (Lipinski definition) is 1. The summed E-state index contributed by atoms with van der Waals surface area (Å²) in [5.41, 5.74) is 0. The maximum Gasteiger partial charge on any atom is 0.237 e. The number of aromatic nitrogens is 1. The van der Waals surface area contributed by atoms with E-state index in [2.05, 4.69) is 27.1 Å². The molecule has 1 N–H and O–H groups in total. The van der Waals surface area contributed by atoms with Crippen LogP contribution in [-0.2, 0) is 11.2 Å². The number of nitrogens with one attached hydrogen (secondary N) is 1. The van der Waals surface area contributed by atoms with E-state index < -0.39 is 0 Å². The predicted octanol–water partition coefficient (Wildman–Crippen LogP) is 1.36. The third kappa shape index (κ3) is 3.86. The second-order valence-electron chi connectivity index (χ2n) is 6.40. The number of likely N-dealkylation sites (tertiary alicyclic amines) is 2. The first-order chi connectivity index (χ1) is 10.7. The van der Waals surface area contributed by atoms with Gasteiger partial charge in [0, 0.05) is 30.6 Å². The molecular weight excluding hydrogens is 296 g/mol. The van der Waals surface area contributed by atoms with Gasteiger partial charge in [-0.1, -0.05) is 0 Å². The summed E-state index contributed by atoms with van der Waals surface area (Å²) in [6, 6.07) is 0.679. The van der Waals surface area contributed by atoms with E-state index in [1.807, 2.05) is 11.6 Å². The lowest BCUT2D eigenvalue weighted by atomic mass is 10.0. The summed E-state index contributed by atoms with van der Waals surface area (Å²) in [6.07, 6.45) is 7.20. The zero-order chi connectivity index (χ0) is 15.4. The van der Waals surface area contributed by atoms with Crippen LogP contribution >= 0.6 is 11.3 Å². The first-order valence-corrected chi connectivity index (χ1v) is 9.22. The van der Waals surface area contributed by atoms with Gasteiger partial charge in [-0.3, -0.25) is 9.69 Å². The summed E-state index contributed by atoms with van der Waals surface area (Å²) < 4.78 is 0. The zero-order valence-corrected chi connectivity index (χ0v) is 14.1. The minimum absolute atomic E-state index is 0.0877. The molecule has 0 unspecified atom stereocenters. The van der Waals surface area contributed by atoms with Crippen molar-refractivity contribution in [3.05, 3.63) is 16.6 Å². The van der Waals surface area contributed by atoms with Gasteiger partial charge < -0.3 is 10.2 Å². The van der Waals surface area contributed by atoms with Gasteiger partial charge in [0.1, 0.15) is 0 Å². The highest BCUT2D eigenvalue weighted by molar-refractivity contribution is 7.09. The number of thiazole rings is 1. The number of carbonyl (C=O) groups excluding carboxylic acids is 1. The number of amides is 1. The largest absolute Gasteiger partial charge is 0.354 e. The molecule has 1 aromatic rings. The molecule has 1 aromatic heterocycles. The van der Waals surface area contributed by atoms with Crippen molar-refractivity contribution in [1.82, 2.24) is 20.1 Å². The number of hydrogen-bond acceptors (Lipinski definition) is 5. The topological polar surface area (TPSA) is 48.5 Å². The van der Waals surface area contributed by atoms with Crippen molar-refractivity contribution in [3.8, 4) is 0 Å². The lowest BCUT2D eigenvalue weighted by Gasteiger charge is -2.37. The lowest BCUT2D eigenvalue weighted by Crippen LogP contribution is -2.51. The summed E-state index contributed by atoms with van der Waals surface area (Å²) in [7, 11) is 2.18. The maximum absolute atomic E-state index is 12.5.